The summed E-state index contributed by atoms with van der Waals surface area (Å²) in [6.07, 6.45) is 0.184. The molecule has 2 aliphatic heterocycles. The van der Waals surface area contributed by atoms with E-state index in [4.69, 9.17) is 19.2 Å². The molecule has 30 heavy (non-hydrogen) atoms. The Kier molecular flexibility index (Phi) is 9.20. The minimum atomic E-state index is 0.184. The smallest absolute Gasteiger partial charge is 0.191 e. The molecule has 2 fully saturated rings. The van der Waals surface area contributed by atoms with Crippen LogP contribution in [0.5, 0.6) is 5.75 Å². The van der Waals surface area contributed by atoms with Crippen molar-refractivity contribution in [3.8, 4) is 5.75 Å². The fraction of sp³-hybridized carbons (Fsp3) is 0.682. The molecular formula is C22H37N5O3. The highest BCUT2D eigenvalue weighted by Crippen LogP contribution is 2.24. The lowest BCUT2D eigenvalue weighted by Gasteiger charge is -2.34. The van der Waals surface area contributed by atoms with Crippen LogP contribution in [-0.2, 0) is 9.47 Å². The number of ether oxygens (including phenoxy) is 3. The molecule has 0 spiro atoms. The predicted octanol–water partition coefficient (Wildman–Crippen LogP) is 0.954. The van der Waals surface area contributed by atoms with Gasteiger partial charge < -0.3 is 29.7 Å². The van der Waals surface area contributed by atoms with Gasteiger partial charge in [0.05, 0.1) is 45.6 Å². The number of rotatable bonds is 8. The van der Waals surface area contributed by atoms with Crippen LogP contribution in [0.1, 0.15) is 18.5 Å². The molecule has 2 saturated heterocycles. The quantitative estimate of drug-likeness (QED) is 0.480. The molecule has 2 atom stereocenters. The first-order valence-corrected chi connectivity index (χ1v) is 11.0. The molecule has 0 aliphatic carbocycles. The number of benzene rings is 1. The zero-order valence-corrected chi connectivity index (χ0v) is 18.6. The summed E-state index contributed by atoms with van der Waals surface area (Å²) in [6.45, 7) is 10.4. The number of morpholine rings is 2. The Hall–Kier alpha value is -1.87. The van der Waals surface area contributed by atoms with Gasteiger partial charge in [-0.2, -0.15) is 0 Å². The molecular weight excluding hydrogens is 382 g/mol. The van der Waals surface area contributed by atoms with Crippen LogP contribution in [0.4, 0.5) is 0 Å². The van der Waals surface area contributed by atoms with Gasteiger partial charge in [0.15, 0.2) is 5.96 Å². The summed E-state index contributed by atoms with van der Waals surface area (Å²) in [6, 6.07) is 8.52. The van der Waals surface area contributed by atoms with Crippen molar-refractivity contribution in [3.05, 3.63) is 29.8 Å². The van der Waals surface area contributed by atoms with Gasteiger partial charge in [-0.1, -0.05) is 12.1 Å². The maximum absolute atomic E-state index is 5.87. The molecule has 2 N–H and O–H groups in total. The van der Waals surface area contributed by atoms with Gasteiger partial charge in [0.2, 0.25) is 0 Å². The molecule has 2 aliphatic rings. The largest absolute Gasteiger partial charge is 0.497 e. The van der Waals surface area contributed by atoms with Gasteiger partial charge in [0.1, 0.15) is 5.75 Å². The average molecular weight is 420 g/mol. The highest BCUT2D eigenvalue weighted by molar-refractivity contribution is 5.79. The van der Waals surface area contributed by atoms with Crippen molar-refractivity contribution in [2.75, 3.05) is 79.8 Å². The first-order chi connectivity index (χ1) is 14.7. The van der Waals surface area contributed by atoms with Crippen molar-refractivity contribution < 1.29 is 14.2 Å². The van der Waals surface area contributed by atoms with Gasteiger partial charge in [-0.3, -0.25) is 9.89 Å². The molecule has 0 saturated carbocycles. The molecule has 8 nitrogen and oxygen atoms in total. The third-order valence-electron chi connectivity index (χ3n) is 5.59. The van der Waals surface area contributed by atoms with E-state index in [-0.39, 0.29) is 12.1 Å². The van der Waals surface area contributed by atoms with Gasteiger partial charge >= 0.3 is 0 Å². The number of methoxy groups -OCH3 is 1. The van der Waals surface area contributed by atoms with E-state index in [9.17, 15) is 0 Å². The van der Waals surface area contributed by atoms with Crippen molar-refractivity contribution in [1.82, 2.24) is 20.4 Å². The van der Waals surface area contributed by atoms with Crippen LogP contribution in [0.3, 0.4) is 0 Å². The minimum absolute atomic E-state index is 0.184. The molecule has 1 aromatic carbocycles. The topological polar surface area (TPSA) is 70.6 Å². The van der Waals surface area contributed by atoms with Crippen LogP contribution in [0.25, 0.3) is 0 Å². The molecule has 0 amide bonds. The zero-order valence-electron chi connectivity index (χ0n) is 18.6. The monoisotopic (exact) mass is 419 g/mol. The predicted molar refractivity (Wildman–Crippen MR) is 119 cm³/mol. The van der Waals surface area contributed by atoms with E-state index in [0.29, 0.717) is 6.54 Å². The summed E-state index contributed by atoms with van der Waals surface area (Å²) < 4.78 is 16.8. The second-order valence-corrected chi connectivity index (χ2v) is 7.79. The first-order valence-electron chi connectivity index (χ1n) is 11.0. The molecule has 2 heterocycles. The van der Waals surface area contributed by atoms with E-state index in [1.54, 1.807) is 7.11 Å². The van der Waals surface area contributed by atoms with Crippen LogP contribution in [0.15, 0.2) is 29.3 Å². The lowest BCUT2D eigenvalue weighted by molar-refractivity contribution is -0.0161. The molecule has 0 aromatic heterocycles. The highest BCUT2D eigenvalue weighted by atomic mass is 16.5. The number of likely N-dealkylation sites (N-methyl/N-ethyl adjacent to an activating group) is 1. The average Bonchev–Trinajstić information content (AvgIpc) is 2.78. The molecule has 3 rings (SSSR count). The third kappa shape index (κ3) is 6.84. The Morgan fingerprint density at radius 1 is 1.17 bits per heavy atom. The fourth-order valence-electron chi connectivity index (χ4n) is 3.87. The van der Waals surface area contributed by atoms with Gasteiger partial charge in [0, 0.05) is 39.3 Å². The maximum Gasteiger partial charge on any atom is 0.191 e. The summed E-state index contributed by atoms with van der Waals surface area (Å²) in [4.78, 5) is 9.68. The SMILES string of the molecule is CCNC(=NCC(c1ccc(OC)cc1)N1CCOCC1)NCC1CN(C)CCO1. The summed E-state index contributed by atoms with van der Waals surface area (Å²) >= 11 is 0. The lowest BCUT2D eigenvalue weighted by Crippen LogP contribution is -2.48. The van der Waals surface area contributed by atoms with E-state index < -0.39 is 0 Å². The van der Waals surface area contributed by atoms with Crippen LogP contribution in [0, 0.1) is 0 Å². The molecule has 168 valence electrons. The van der Waals surface area contributed by atoms with Gasteiger partial charge in [0.25, 0.3) is 0 Å². The Balaban J connectivity index is 1.67. The Bertz CT molecular complexity index is 649. The molecule has 8 heteroatoms. The van der Waals surface area contributed by atoms with Crippen molar-refractivity contribution in [3.63, 3.8) is 0 Å². The summed E-state index contributed by atoms with van der Waals surface area (Å²) in [5.41, 5.74) is 1.24. The maximum atomic E-state index is 5.87. The number of aliphatic imine (C=N–C) groups is 1. The van der Waals surface area contributed by atoms with Crippen LogP contribution < -0.4 is 15.4 Å². The van der Waals surface area contributed by atoms with E-state index in [0.717, 1.165) is 70.8 Å². The van der Waals surface area contributed by atoms with E-state index in [1.807, 2.05) is 12.1 Å². The molecule has 1 aromatic rings. The Labute approximate surface area is 180 Å². The van der Waals surface area contributed by atoms with Crippen molar-refractivity contribution in [2.24, 2.45) is 4.99 Å². The fourth-order valence-corrected chi connectivity index (χ4v) is 3.87. The van der Waals surface area contributed by atoms with Crippen LogP contribution in [-0.4, -0.2) is 102 Å². The normalized spacial score (nSPS) is 22.5. The van der Waals surface area contributed by atoms with Gasteiger partial charge in [-0.15, -0.1) is 0 Å². The standard InChI is InChI=1S/C22H37N5O3/c1-4-23-22(24-15-20-17-26(2)9-14-30-20)25-16-21(27-10-12-29-13-11-27)18-5-7-19(28-3)8-6-18/h5-8,20-21H,4,9-17H2,1-3H3,(H2,23,24,25). The second kappa shape index (κ2) is 12.1. The van der Waals surface area contributed by atoms with Crippen molar-refractivity contribution in [1.29, 1.82) is 0 Å². The van der Waals surface area contributed by atoms with E-state index in [2.05, 4.69) is 46.5 Å². The molecule has 0 bridgehead atoms. The second-order valence-electron chi connectivity index (χ2n) is 7.79. The van der Waals surface area contributed by atoms with Crippen molar-refractivity contribution >= 4 is 5.96 Å². The summed E-state index contributed by atoms with van der Waals surface area (Å²) in [5.74, 6) is 1.71. The van der Waals surface area contributed by atoms with Gasteiger partial charge in [-0.25, -0.2) is 0 Å². The Morgan fingerprint density at radius 3 is 2.60 bits per heavy atom. The number of hydrogen-bond acceptors (Lipinski definition) is 6. The third-order valence-corrected chi connectivity index (χ3v) is 5.59. The summed E-state index contributed by atoms with van der Waals surface area (Å²) in [7, 11) is 3.83. The van der Waals surface area contributed by atoms with Crippen LogP contribution in [0.2, 0.25) is 0 Å². The summed E-state index contributed by atoms with van der Waals surface area (Å²) in [5, 5.41) is 6.83. The first kappa shape index (κ1) is 22.8. The molecule has 0 radical (unpaired) electrons. The van der Waals surface area contributed by atoms with E-state index in [1.165, 1.54) is 5.56 Å². The molecule has 2 unspecified atom stereocenters. The highest BCUT2D eigenvalue weighted by Gasteiger charge is 2.23. The van der Waals surface area contributed by atoms with E-state index >= 15 is 0 Å². The number of nitrogens with zero attached hydrogens (tertiary/aromatic N) is 3. The van der Waals surface area contributed by atoms with Crippen molar-refractivity contribution in [2.45, 2.75) is 19.1 Å². The zero-order chi connectivity index (χ0) is 21.2. The van der Waals surface area contributed by atoms with Crippen LogP contribution >= 0.6 is 0 Å². The van der Waals surface area contributed by atoms with Gasteiger partial charge in [-0.05, 0) is 31.7 Å². The number of nitrogens with one attached hydrogen (secondary N) is 2. The number of hydrogen-bond donors (Lipinski definition) is 2. The Morgan fingerprint density at radius 2 is 1.93 bits per heavy atom. The minimum Gasteiger partial charge on any atom is -0.497 e. The number of guanidine groups is 1. The lowest BCUT2D eigenvalue weighted by atomic mass is 10.0.